The maximum absolute atomic E-state index is 13.4. The number of aliphatic hydroxyl groups is 3. The fraction of sp³-hybridized carbons (Fsp3) is 0.917. The molecule has 0 radical (unpaired) electrons. The molecule has 0 aliphatic carbocycles. The van der Waals surface area contributed by atoms with Crippen LogP contribution in [0.5, 0.6) is 0 Å². The highest BCUT2D eigenvalue weighted by Gasteiger charge is 2.62. The first-order chi connectivity index (χ1) is 20.3. The lowest BCUT2D eigenvalue weighted by atomic mass is 9.71. The molecular weight excluding hydrogens is 528 g/mol. The van der Waals surface area contributed by atoms with Gasteiger partial charge in [0.2, 0.25) is 5.60 Å². The van der Waals surface area contributed by atoms with Gasteiger partial charge >= 0.3 is 0 Å². The molecule has 0 saturated carbocycles. The fourth-order valence-corrected chi connectivity index (χ4v) is 5.85. The zero-order valence-corrected chi connectivity index (χ0v) is 27.9. The van der Waals surface area contributed by atoms with Gasteiger partial charge in [-0.1, -0.05) is 156 Å². The Bertz CT molecular complexity index is 658. The standard InChI is InChI=1S/C36H68O6/c1-4-7-10-13-16-19-22-25-28-32(38)35(41,31-37)36(42,33(39)29-26-23-20-17-14-11-8-5-2)34(40)30-27-24-21-18-15-12-9-6-3/h37,41-42H,4-31H2,1-3H3. The van der Waals surface area contributed by atoms with Gasteiger partial charge in [0.05, 0.1) is 6.61 Å². The van der Waals surface area contributed by atoms with Gasteiger partial charge in [-0.05, 0) is 19.3 Å². The first-order valence-corrected chi connectivity index (χ1v) is 17.9. The first-order valence-electron chi connectivity index (χ1n) is 17.9. The van der Waals surface area contributed by atoms with Crippen LogP contribution in [0.2, 0.25) is 0 Å². The lowest BCUT2D eigenvalue weighted by Crippen LogP contribution is -2.69. The SMILES string of the molecule is CCCCCCCCCCC(=O)C(O)(CO)C(O)(C(=O)CCCCCCCCCC)C(=O)CCCCCCCCCC. The number of carbonyl (C=O) groups is 3. The summed E-state index contributed by atoms with van der Waals surface area (Å²) in [6.45, 7) is 5.38. The molecule has 0 aliphatic rings. The molecule has 0 heterocycles. The molecule has 1 atom stereocenters. The molecule has 0 amide bonds. The third-order valence-electron chi connectivity index (χ3n) is 8.87. The Morgan fingerprint density at radius 3 is 0.905 bits per heavy atom. The summed E-state index contributed by atoms with van der Waals surface area (Å²) in [5, 5.41) is 33.2. The van der Waals surface area contributed by atoms with Gasteiger partial charge in [0.15, 0.2) is 23.0 Å². The molecule has 0 aromatic rings. The van der Waals surface area contributed by atoms with Gasteiger partial charge in [-0.2, -0.15) is 0 Å². The average Bonchev–Trinajstić information content (AvgIpc) is 2.99. The molecular formula is C36H68O6. The molecule has 0 aromatic carbocycles. The van der Waals surface area contributed by atoms with Crippen molar-refractivity contribution in [1.82, 2.24) is 0 Å². The number of carbonyl (C=O) groups excluding carboxylic acids is 3. The highest BCUT2D eigenvalue weighted by atomic mass is 16.4. The van der Waals surface area contributed by atoms with Crippen LogP contribution in [0.25, 0.3) is 0 Å². The highest BCUT2D eigenvalue weighted by molar-refractivity contribution is 6.16. The van der Waals surface area contributed by atoms with Crippen LogP contribution in [0.1, 0.15) is 194 Å². The summed E-state index contributed by atoms with van der Waals surface area (Å²) in [6, 6.07) is 0. The van der Waals surface area contributed by atoms with Crippen molar-refractivity contribution in [3.63, 3.8) is 0 Å². The Balaban J connectivity index is 5.21. The minimum absolute atomic E-state index is 0.0790. The molecule has 1 unspecified atom stereocenters. The number of Topliss-reactive ketones (excluding diaryl/α,β-unsaturated/α-hetero) is 3. The second kappa shape index (κ2) is 26.3. The quantitative estimate of drug-likeness (QED) is 0.0529. The normalized spacial score (nSPS) is 13.3. The van der Waals surface area contributed by atoms with Gasteiger partial charge in [0, 0.05) is 19.3 Å². The van der Waals surface area contributed by atoms with Crippen molar-refractivity contribution in [2.45, 2.75) is 205 Å². The second-order valence-electron chi connectivity index (χ2n) is 12.7. The third kappa shape index (κ3) is 16.1. The molecule has 248 valence electrons. The number of aliphatic hydroxyl groups excluding tert-OH is 1. The minimum Gasteiger partial charge on any atom is -0.393 e. The van der Waals surface area contributed by atoms with Crippen molar-refractivity contribution < 1.29 is 29.7 Å². The Kier molecular flexibility index (Phi) is 25.6. The van der Waals surface area contributed by atoms with E-state index in [2.05, 4.69) is 20.8 Å². The predicted octanol–water partition coefficient (Wildman–Crippen LogP) is 8.74. The lowest BCUT2D eigenvalue weighted by Gasteiger charge is -2.39. The molecule has 0 fully saturated rings. The van der Waals surface area contributed by atoms with Crippen LogP contribution >= 0.6 is 0 Å². The Hall–Kier alpha value is -1.11. The third-order valence-corrected chi connectivity index (χ3v) is 8.87. The summed E-state index contributed by atoms with van der Waals surface area (Å²) in [7, 11) is 0. The van der Waals surface area contributed by atoms with E-state index in [-0.39, 0.29) is 19.3 Å². The van der Waals surface area contributed by atoms with Crippen molar-refractivity contribution in [3.8, 4) is 0 Å². The fourth-order valence-electron chi connectivity index (χ4n) is 5.85. The molecule has 3 N–H and O–H groups in total. The molecule has 0 saturated heterocycles. The summed E-state index contributed by atoms with van der Waals surface area (Å²) in [5.41, 5.74) is -5.70. The summed E-state index contributed by atoms with van der Waals surface area (Å²) < 4.78 is 0. The monoisotopic (exact) mass is 597 g/mol. The number of ketones is 3. The van der Waals surface area contributed by atoms with Crippen molar-refractivity contribution in [2.75, 3.05) is 6.61 Å². The van der Waals surface area contributed by atoms with Gasteiger partial charge in [-0.15, -0.1) is 0 Å². The van der Waals surface area contributed by atoms with Crippen molar-refractivity contribution in [1.29, 1.82) is 0 Å². The van der Waals surface area contributed by atoms with Gasteiger partial charge < -0.3 is 15.3 Å². The maximum Gasteiger partial charge on any atom is 0.219 e. The van der Waals surface area contributed by atoms with Crippen LogP contribution in [0, 0.1) is 0 Å². The Morgan fingerprint density at radius 1 is 0.405 bits per heavy atom. The van der Waals surface area contributed by atoms with E-state index in [4.69, 9.17) is 0 Å². The first kappa shape index (κ1) is 40.9. The minimum atomic E-state index is -2.90. The number of hydrogen-bond donors (Lipinski definition) is 3. The van der Waals surface area contributed by atoms with Crippen molar-refractivity contribution in [3.05, 3.63) is 0 Å². The summed E-state index contributed by atoms with van der Waals surface area (Å²) in [4.78, 5) is 40.1. The van der Waals surface area contributed by atoms with E-state index in [1.54, 1.807) is 0 Å². The maximum atomic E-state index is 13.4. The van der Waals surface area contributed by atoms with Gasteiger partial charge in [0.25, 0.3) is 0 Å². The van der Waals surface area contributed by atoms with Crippen molar-refractivity contribution >= 4 is 17.3 Å². The van der Waals surface area contributed by atoms with Crippen LogP contribution < -0.4 is 0 Å². The van der Waals surface area contributed by atoms with Crippen LogP contribution in [-0.2, 0) is 14.4 Å². The molecule has 0 aromatic heterocycles. The van der Waals surface area contributed by atoms with Crippen LogP contribution in [0.15, 0.2) is 0 Å². The molecule has 6 heteroatoms. The van der Waals surface area contributed by atoms with E-state index >= 15 is 0 Å². The Morgan fingerprint density at radius 2 is 0.643 bits per heavy atom. The van der Waals surface area contributed by atoms with Gasteiger partial charge in [-0.25, -0.2) is 0 Å². The van der Waals surface area contributed by atoms with E-state index in [1.807, 2.05) is 0 Å². The van der Waals surface area contributed by atoms with E-state index in [0.29, 0.717) is 19.3 Å². The van der Waals surface area contributed by atoms with E-state index < -0.39 is 35.2 Å². The smallest absolute Gasteiger partial charge is 0.219 e. The topological polar surface area (TPSA) is 112 Å². The van der Waals surface area contributed by atoms with Crippen LogP contribution in [-0.4, -0.2) is 50.5 Å². The van der Waals surface area contributed by atoms with Gasteiger partial charge in [-0.3, -0.25) is 14.4 Å². The number of hydrogen-bond acceptors (Lipinski definition) is 6. The lowest BCUT2D eigenvalue weighted by molar-refractivity contribution is -0.194. The largest absolute Gasteiger partial charge is 0.393 e. The zero-order chi connectivity index (χ0) is 31.5. The molecule has 6 nitrogen and oxygen atoms in total. The molecule has 0 bridgehead atoms. The number of unbranched alkanes of at least 4 members (excludes halogenated alkanes) is 21. The summed E-state index contributed by atoms with van der Waals surface area (Å²) in [5.74, 6) is -2.48. The number of rotatable bonds is 32. The summed E-state index contributed by atoms with van der Waals surface area (Å²) in [6.07, 6.45) is 23.9. The van der Waals surface area contributed by atoms with E-state index in [0.717, 1.165) is 77.0 Å². The van der Waals surface area contributed by atoms with Crippen molar-refractivity contribution in [2.24, 2.45) is 0 Å². The van der Waals surface area contributed by atoms with Crippen LogP contribution in [0.3, 0.4) is 0 Å². The zero-order valence-electron chi connectivity index (χ0n) is 27.9. The van der Waals surface area contributed by atoms with E-state index in [1.165, 1.54) is 57.8 Å². The molecule has 0 aliphatic heterocycles. The molecule has 0 rings (SSSR count). The average molecular weight is 597 g/mol. The molecule has 42 heavy (non-hydrogen) atoms. The van der Waals surface area contributed by atoms with E-state index in [9.17, 15) is 29.7 Å². The van der Waals surface area contributed by atoms with Gasteiger partial charge in [0.1, 0.15) is 0 Å². The van der Waals surface area contributed by atoms with Crippen LogP contribution in [0.4, 0.5) is 0 Å². The second-order valence-corrected chi connectivity index (χ2v) is 12.7. The summed E-state index contributed by atoms with van der Waals surface area (Å²) >= 11 is 0. The highest BCUT2D eigenvalue weighted by Crippen LogP contribution is 2.32. The Labute approximate surface area is 258 Å². The molecule has 0 spiro atoms. The predicted molar refractivity (Wildman–Crippen MR) is 174 cm³/mol.